The van der Waals surface area contributed by atoms with Gasteiger partial charge in [0.1, 0.15) is 5.75 Å². The number of halogens is 3. The lowest BCUT2D eigenvalue weighted by atomic mass is 10.1. The third-order valence-corrected chi connectivity index (χ3v) is 3.46. The molecule has 0 saturated carbocycles. The topological polar surface area (TPSA) is 69.4 Å². The van der Waals surface area contributed by atoms with Crippen molar-refractivity contribution in [2.24, 2.45) is 5.14 Å². The van der Waals surface area contributed by atoms with E-state index in [0.717, 1.165) is 12.1 Å². The molecule has 4 nitrogen and oxygen atoms in total. The van der Waals surface area contributed by atoms with Crippen LogP contribution >= 0.6 is 0 Å². The highest BCUT2D eigenvalue weighted by Crippen LogP contribution is 2.38. The average molecular weight is 297 g/mol. The first kappa shape index (κ1) is 15.8. The van der Waals surface area contributed by atoms with Crippen LogP contribution in [0.3, 0.4) is 0 Å². The summed E-state index contributed by atoms with van der Waals surface area (Å²) in [6.07, 6.45) is -4.29. The predicted octanol–water partition coefficient (Wildman–Crippen LogP) is 2.37. The summed E-state index contributed by atoms with van der Waals surface area (Å²) in [5.41, 5.74) is -0.455. The summed E-state index contributed by atoms with van der Waals surface area (Å²) >= 11 is 0. The van der Waals surface area contributed by atoms with Gasteiger partial charge in [0, 0.05) is 0 Å². The molecule has 1 aromatic rings. The van der Waals surface area contributed by atoms with Crippen molar-refractivity contribution in [2.75, 3.05) is 6.61 Å². The minimum Gasteiger partial charge on any atom is -0.494 e. The second-order valence-corrected chi connectivity index (χ2v) is 5.58. The van der Waals surface area contributed by atoms with Gasteiger partial charge in [0.2, 0.25) is 10.0 Å². The molecule has 19 heavy (non-hydrogen) atoms. The highest BCUT2D eigenvalue weighted by atomic mass is 32.2. The van der Waals surface area contributed by atoms with E-state index in [1.54, 1.807) is 0 Å². The van der Waals surface area contributed by atoms with E-state index in [0.29, 0.717) is 13.0 Å². The third kappa shape index (κ3) is 4.39. The summed E-state index contributed by atoms with van der Waals surface area (Å²) in [6, 6.07) is 4.85. The molecule has 0 bridgehead atoms. The molecule has 0 spiro atoms. The number of hydrogen-bond acceptors (Lipinski definition) is 3. The zero-order valence-corrected chi connectivity index (χ0v) is 11.0. The van der Waals surface area contributed by atoms with Crippen LogP contribution in [0.15, 0.2) is 24.3 Å². The first-order chi connectivity index (χ1) is 8.66. The molecule has 0 radical (unpaired) electrons. The van der Waals surface area contributed by atoms with E-state index in [1.807, 2.05) is 6.92 Å². The van der Waals surface area contributed by atoms with Crippen LogP contribution in [0.5, 0.6) is 5.75 Å². The molecular formula is C11H14F3NO3S. The molecule has 8 heteroatoms. The predicted molar refractivity (Wildman–Crippen MR) is 64.1 cm³/mol. The number of hydrogen-bond donors (Lipinski definition) is 1. The van der Waals surface area contributed by atoms with Crippen LogP contribution < -0.4 is 9.88 Å². The standard InChI is InChI=1S/C11H14F3NO3S/c1-2-6-18-9-5-3-4-8(7-9)10(11(12,13)14)19(15,16)17/h3-5,7,10H,2,6H2,1H3,(H2,15,16,17). The second kappa shape index (κ2) is 5.79. The molecule has 0 aliphatic heterocycles. The van der Waals surface area contributed by atoms with Gasteiger partial charge < -0.3 is 4.74 Å². The summed E-state index contributed by atoms with van der Waals surface area (Å²) in [5, 5.41) is 1.91. The zero-order chi connectivity index (χ0) is 14.7. The Labute approximate surface area is 109 Å². The van der Waals surface area contributed by atoms with Crippen LogP contribution in [0.25, 0.3) is 0 Å². The van der Waals surface area contributed by atoms with Gasteiger partial charge in [0.15, 0.2) is 5.25 Å². The van der Waals surface area contributed by atoms with Crippen LogP contribution in [0.2, 0.25) is 0 Å². The number of sulfonamides is 1. The summed E-state index contributed by atoms with van der Waals surface area (Å²) in [6.45, 7) is 2.17. The Kier molecular flexibility index (Phi) is 4.81. The van der Waals surface area contributed by atoms with E-state index in [-0.39, 0.29) is 5.75 Å². The van der Waals surface area contributed by atoms with E-state index in [2.05, 4.69) is 5.14 Å². The number of alkyl halides is 3. The maximum Gasteiger partial charge on any atom is 0.410 e. The molecule has 0 saturated heterocycles. The summed E-state index contributed by atoms with van der Waals surface area (Å²) in [7, 11) is -4.79. The van der Waals surface area contributed by atoms with Crippen molar-refractivity contribution in [3.8, 4) is 5.75 Å². The molecule has 0 amide bonds. The van der Waals surface area contributed by atoms with Gasteiger partial charge in [-0.3, -0.25) is 0 Å². The SMILES string of the molecule is CCCOc1cccc(C(C(F)(F)F)S(N)(=O)=O)c1. The van der Waals surface area contributed by atoms with Gasteiger partial charge >= 0.3 is 6.18 Å². The number of ether oxygens (including phenoxy) is 1. The van der Waals surface area contributed by atoms with E-state index in [4.69, 9.17) is 4.74 Å². The first-order valence-corrected chi connectivity index (χ1v) is 7.08. The molecule has 0 heterocycles. The van der Waals surface area contributed by atoms with Crippen molar-refractivity contribution in [1.82, 2.24) is 0 Å². The Bertz CT molecular complexity index is 528. The number of primary sulfonamides is 1. The quantitative estimate of drug-likeness (QED) is 0.907. The fourth-order valence-electron chi connectivity index (χ4n) is 1.55. The van der Waals surface area contributed by atoms with Crippen LogP contribution in [-0.2, 0) is 10.0 Å². The minimum atomic E-state index is -4.98. The molecule has 0 aliphatic carbocycles. The molecule has 1 rings (SSSR count). The molecule has 0 fully saturated rings. The van der Waals surface area contributed by atoms with Gasteiger partial charge in [0.05, 0.1) is 6.61 Å². The molecule has 2 N–H and O–H groups in total. The lowest BCUT2D eigenvalue weighted by Crippen LogP contribution is -2.33. The number of benzene rings is 1. The van der Waals surface area contributed by atoms with Gasteiger partial charge in [-0.15, -0.1) is 0 Å². The Morgan fingerprint density at radius 2 is 2.00 bits per heavy atom. The smallest absolute Gasteiger partial charge is 0.410 e. The normalized spacial score (nSPS) is 14.2. The summed E-state index contributed by atoms with van der Waals surface area (Å²) in [5.74, 6) is 0.178. The molecule has 0 aromatic heterocycles. The van der Waals surface area contributed by atoms with Crippen molar-refractivity contribution < 1.29 is 26.3 Å². The average Bonchev–Trinajstić information content (AvgIpc) is 2.22. The van der Waals surface area contributed by atoms with Crippen molar-refractivity contribution in [3.63, 3.8) is 0 Å². The number of nitrogens with two attached hydrogens (primary N) is 1. The minimum absolute atomic E-state index is 0.178. The highest BCUT2D eigenvalue weighted by molar-refractivity contribution is 7.89. The van der Waals surface area contributed by atoms with Gasteiger partial charge in [-0.2, -0.15) is 13.2 Å². The van der Waals surface area contributed by atoms with Gasteiger partial charge in [-0.05, 0) is 24.1 Å². The molecule has 108 valence electrons. The molecular weight excluding hydrogens is 283 g/mol. The van der Waals surface area contributed by atoms with Gasteiger partial charge in [-0.25, -0.2) is 13.6 Å². The van der Waals surface area contributed by atoms with Crippen LogP contribution in [-0.4, -0.2) is 21.2 Å². The zero-order valence-electron chi connectivity index (χ0n) is 10.1. The van der Waals surface area contributed by atoms with Crippen LogP contribution in [0.1, 0.15) is 24.2 Å². The largest absolute Gasteiger partial charge is 0.494 e. The molecule has 1 aromatic carbocycles. The Hall–Kier alpha value is -1.28. The first-order valence-electron chi connectivity index (χ1n) is 5.47. The van der Waals surface area contributed by atoms with E-state index >= 15 is 0 Å². The lowest BCUT2D eigenvalue weighted by molar-refractivity contribution is -0.131. The molecule has 0 aliphatic rings. The van der Waals surface area contributed by atoms with Crippen molar-refractivity contribution in [3.05, 3.63) is 29.8 Å². The van der Waals surface area contributed by atoms with Gasteiger partial charge in [-0.1, -0.05) is 19.1 Å². The maximum absolute atomic E-state index is 12.8. The number of rotatable bonds is 5. The Morgan fingerprint density at radius 3 is 2.47 bits per heavy atom. The second-order valence-electron chi connectivity index (χ2n) is 3.93. The highest BCUT2D eigenvalue weighted by Gasteiger charge is 2.48. The monoisotopic (exact) mass is 297 g/mol. The fourth-order valence-corrected chi connectivity index (χ4v) is 2.45. The fraction of sp³-hybridized carbons (Fsp3) is 0.455. The summed E-state index contributed by atoms with van der Waals surface area (Å²) in [4.78, 5) is 0. The lowest BCUT2D eigenvalue weighted by Gasteiger charge is -2.19. The van der Waals surface area contributed by atoms with E-state index < -0.39 is 27.0 Å². The van der Waals surface area contributed by atoms with Crippen LogP contribution in [0, 0.1) is 0 Å². The van der Waals surface area contributed by atoms with Crippen molar-refractivity contribution >= 4 is 10.0 Å². The van der Waals surface area contributed by atoms with E-state index in [1.165, 1.54) is 12.1 Å². The maximum atomic E-state index is 12.8. The summed E-state index contributed by atoms with van der Waals surface area (Å²) < 4.78 is 65.8. The van der Waals surface area contributed by atoms with Crippen LogP contribution in [0.4, 0.5) is 13.2 Å². The van der Waals surface area contributed by atoms with Crippen molar-refractivity contribution in [2.45, 2.75) is 24.8 Å². The van der Waals surface area contributed by atoms with Crippen molar-refractivity contribution in [1.29, 1.82) is 0 Å². The molecule has 1 atom stereocenters. The van der Waals surface area contributed by atoms with E-state index in [9.17, 15) is 21.6 Å². The molecule has 1 unspecified atom stereocenters. The Morgan fingerprint density at radius 1 is 1.37 bits per heavy atom. The Balaban J connectivity index is 3.18. The third-order valence-electron chi connectivity index (χ3n) is 2.26. The van der Waals surface area contributed by atoms with Gasteiger partial charge in [0.25, 0.3) is 0 Å².